The van der Waals surface area contributed by atoms with E-state index in [4.69, 9.17) is 0 Å². The van der Waals surface area contributed by atoms with Crippen molar-refractivity contribution in [2.24, 2.45) is 0 Å². The Morgan fingerprint density at radius 3 is 2.78 bits per heavy atom. The molecule has 2 heterocycles. The number of fused-ring (bicyclic) bond motifs is 1. The smallest absolute Gasteiger partial charge is 0.238 e. The summed E-state index contributed by atoms with van der Waals surface area (Å²) in [6.07, 6.45) is 3.75. The maximum atomic E-state index is 12.3. The van der Waals surface area contributed by atoms with Gasteiger partial charge in [0.2, 0.25) is 11.8 Å². The number of aromatic nitrogens is 2. The highest BCUT2D eigenvalue weighted by Gasteiger charge is 2.28. The molecule has 1 aliphatic rings. The van der Waals surface area contributed by atoms with Gasteiger partial charge in [0, 0.05) is 29.6 Å². The first-order chi connectivity index (χ1) is 13.2. The number of carbonyl (C=O) groups is 2. The van der Waals surface area contributed by atoms with E-state index in [0.29, 0.717) is 6.54 Å². The Balaban J connectivity index is 1.33. The van der Waals surface area contributed by atoms with Gasteiger partial charge in [0.15, 0.2) is 0 Å². The van der Waals surface area contributed by atoms with Crippen LogP contribution in [0.25, 0.3) is 5.69 Å². The Morgan fingerprint density at radius 1 is 1.15 bits per heavy atom. The minimum atomic E-state index is -0.424. The van der Waals surface area contributed by atoms with Crippen LogP contribution in [0.15, 0.2) is 71.9 Å². The molecule has 1 aromatic heterocycles. The number of nitrogens with zero attached hydrogens (tertiary/aromatic N) is 2. The molecule has 3 aromatic rings. The van der Waals surface area contributed by atoms with Crippen LogP contribution in [0.4, 0.5) is 5.69 Å². The monoisotopic (exact) mass is 378 g/mol. The SMILES string of the molecule is O=C(CC1Sc2ccccc2NC1=O)NCc1cnn(-c2ccccc2)c1. The van der Waals surface area contributed by atoms with E-state index in [2.05, 4.69) is 15.7 Å². The van der Waals surface area contributed by atoms with Crippen molar-refractivity contribution in [3.05, 3.63) is 72.6 Å². The average Bonchev–Trinajstić information content (AvgIpc) is 3.17. The molecular formula is C20H18N4O2S. The van der Waals surface area contributed by atoms with Crippen molar-refractivity contribution in [1.29, 1.82) is 0 Å². The number of carbonyl (C=O) groups excluding carboxylic acids is 2. The lowest BCUT2D eigenvalue weighted by molar-refractivity contribution is -0.124. The zero-order chi connectivity index (χ0) is 18.6. The predicted octanol–water partition coefficient (Wildman–Crippen LogP) is 2.99. The molecule has 1 aliphatic heterocycles. The van der Waals surface area contributed by atoms with Gasteiger partial charge in [0.25, 0.3) is 0 Å². The van der Waals surface area contributed by atoms with Crippen LogP contribution in [-0.4, -0.2) is 26.8 Å². The summed E-state index contributed by atoms with van der Waals surface area (Å²) in [4.78, 5) is 25.5. The molecule has 0 saturated carbocycles. The molecule has 6 nitrogen and oxygen atoms in total. The maximum Gasteiger partial charge on any atom is 0.238 e. The number of hydrogen-bond donors (Lipinski definition) is 2. The van der Waals surface area contributed by atoms with E-state index in [9.17, 15) is 9.59 Å². The van der Waals surface area contributed by atoms with Crippen molar-refractivity contribution in [3.8, 4) is 5.69 Å². The predicted molar refractivity (Wildman–Crippen MR) is 105 cm³/mol. The van der Waals surface area contributed by atoms with E-state index in [1.165, 1.54) is 11.8 Å². The zero-order valence-corrected chi connectivity index (χ0v) is 15.3. The van der Waals surface area contributed by atoms with Crippen LogP contribution in [0, 0.1) is 0 Å². The summed E-state index contributed by atoms with van der Waals surface area (Å²) in [5, 5.41) is 9.62. The second-order valence-electron chi connectivity index (χ2n) is 6.20. The lowest BCUT2D eigenvalue weighted by Gasteiger charge is -2.23. The number of benzene rings is 2. The van der Waals surface area contributed by atoms with Gasteiger partial charge in [-0.2, -0.15) is 5.10 Å². The molecule has 7 heteroatoms. The van der Waals surface area contributed by atoms with Crippen LogP contribution in [0.3, 0.4) is 0 Å². The van der Waals surface area contributed by atoms with E-state index in [1.54, 1.807) is 10.9 Å². The second-order valence-corrected chi connectivity index (χ2v) is 7.45. The first-order valence-electron chi connectivity index (χ1n) is 8.61. The molecule has 2 aromatic carbocycles. The average molecular weight is 378 g/mol. The van der Waals surface area contributed by atoms with Crippen molar-refractivity contribution in [3.63, 3.8) is 0 Å². The Hall–Kier alpha value is -3.06. The van der Waals surface area contributed by atoms with Crippen molar-refractivity contribution >= 4 is 29.3 Å². The van der Waals surface area contributed by atoms with Crippen LogP contribution >= 0.6 is 11.8 Å². The zero-order valence-electron chi connectivity index (χ0n) is 14.5. The van der Waals surface area contributed by atoms with E-state index >= 15 is 0 Å². The number of para-hydroxylation sites is 2. The summed E-state index contributed by atoms with van der Waals surface area (Å²) in [6.45, 7) is 0.376. The Bertz CT molecular complexity index is 971. The molecule has 0 spiro atoms. The van der Waals surface area contributed by atoms with Gasteiger partial charge in [0.1, 0.15) is 0 Å². The van der Waals surface area contributed by atoms with Gasteiger partial charge in [0.05, 0.1) is 22.8 Å². The molecule has 2 N–H and O–H groups in total. The standard InChI is InChI=1S/C20H18N4O2S/c25-19(10-18-20(26)23-16-8-4-5-9-17(16)27-18)21-11-14-12-22-24(13-14)15-6-2-1-3-7-15/h1-9,12-13,18H,10-11H2,(H,21,25)(H,23,26). The van der Waals surface area contributed by atoms with Gasteiger partial charge in [-0.3, -0.25) is 9.59 Å². The highest BCUT2D eigenvalue weighted by atomic mass is 32.2. The molecule has 1 unspecified atom stereocenters. The highest BCUT2D eigenvalue weighted by Crippen LogP contribution is 2.36. The molecule has 4 rings (SSSR count). The summed E-state index contributed by atoms with van der Waals surface area (Å²) in [7, 11) is 0. The molecule has 0 fully saturated rings. The van der Waals surface area contributed by atoms with Crippen molar-refractivity contribution in [1.82, 2.24) is 15.1 Å². The molecule has 2 amide bonds. The molecule has 0 radical (unpaired) electrons. The number of thioether (sulfide) groups is 1. The third-order valence-corrected chi connectivity index (χ3v) is 5.50. The summed E-state index contributed by atoms with van der Waals surface area (Å²) in [5.74, 6) is -0.291. The Labute approximate surface area is 161 Å². The largest absolute Gasteiger partial charge is 0.352 e. The minimum absolute atomic E-state index is 0.134. The molecule has 1 atom stereocenters. The van der Waals surface area contributed by atoms with Crippen molar-refractivity contribution in [2.45, 2.75) is 23.1 Å². The third kappa shape index (κ3) is 4.03. The second kappa shape index (κ2) is 7.67. The van der Waals surface area contributed by atoms with Gasteiger partial charge in [-0.1, -0.05) is 30.3 Å². The van der Waals surface area contributed by atoms with Crippen LogP contribution in [0.1, 0.15) is 12.0 Å². The van der Waals surface area contributed by atoms with Gasteiger partial charge in [-0.05, 0) is 24.3 Å². The molecule has 0 aliphatic carbocycles. The summed E-state index contributed by atoms with van der Waals surface area (Å²) < 4.78 is 1.77. The summed E-state index contributed by atoms with van der Waals surface area (Å²) in [6, 6.07) is 17.4. The maximum absolute atomic E-state index is 12.3. The molecule has 0 bridgehead atoms. The first kappa shape index (κ1) is 17.4. The first-order valence-corrected chi connectivity index (χ1v) is 9.49. The number of amides is 2. The number of anilines is 1. The van der Waals surface area contributed by atoms with Crippen LogP contribution in [0.2, 0.25) is 0 Å². The lowest BCUT2D eigenvalue weighted by Crippen LogP contribution is -2.34. The van der Waals surface area contributed by atoms with Crippen LogP contribution in [-0.2, 0) is 16.1 Å². The fourth-order valence-electron chi connectivity index (χ4n) is 2.84. The van der Waals surface area contributed by atoms with E-state index < -0.39 is 5.25 Å². The van der Waals surface area contributed by atoms with Crippen LogP contribution < -0.4 is 10.6 Å². The fraction of sp³-hybridized carbons (Fsp3) is 0.150. The fourth-order valence-corrected chi connectivity index (χ4v) is 3.95. The number of hydrogen-bond acceptors (Lipinski definition) is 4. The Kier molecular flexibility index (Phi) is 4.93. The van der Waals surface area contributed by atoms with Gasteiger partial charge in [-0.15, -0.1) is 11.8 Å². The van der Waals surface area contributed by atoms with Crippen molar-refractivity contribution in [2.75, 3.05) is 5.32 Å². The van der Waals surface area contributed by atoms with Gasteiger partial charge >= 0.3 is 0 Å². The number of rotatable bonds is 5. The lowest BCUT2D eigenvalue weighted by atomic mass is 10.2. The minimum Gasteiger partial charge on any atom is -0.352 e. The summed E-state index contributed by atoms with van der Waals surface area (Å²) in [5.41, 5.74) is 2.67. The molecule has 136 valence electrons. The normalized spacial score (nSPS) is 15.7. The van der Waals surface area contributed by atoms with Gasteiger partial charge < -0.3 is 10.6 Å². The topological polar surface area (TPSA) is 76.0 Å². The van der Waals surface area contributed by atoms with E-state index in [0.717, 1.165) is 21.8 Å². The quantitative estimate of drug-likeness (QED) is 0.716. The summed E-state index contributed by atoms with van der Waals surface area (Å²) >= 11 is 1.43. The number of nitrogens with one attached hydrogen (secondary N) is 2. The molecule has 27 heavy (non-hydrogen) atoms. The van der Waals surface area contributed by atoms with E-state index in [1.807, 2.05) is 60.8 Å². The third-order valence-electron chi connectivity index (χ3n) is 4.22. The molecule has 0 saturated heterocycles. The van der Waals surface area contributed by atoms with Crippen molar-refractivity contribution < 1.29 is 9.59 Å². The molecular weight excluding hydrogens is 360 g/mol. The van der Waals surface area contributed by atoms with Crippen LogP contribution in [0.5, 0.6) is 0 Å². The van der Waals surface area contributed by atoms with E-state index in [-0.39, 0.29) is 18.2 Å². The Morgan fingerprint density at radius 2 is 1.93 bits per heavy atom. The van der Waals surface area contributed by atoms with Gasteiger partial charge in [-0.25, -0.2) is 4.68 Å². The highest BCUT2D eigenvalue weighted by molar-refractivity contribution is 8.01.